The quantitative estimate of drug-likeness (QED) is 0.799. The number of esters is 1. The number of aryl methyl sites for hydroxylation is 3. The average Bonchev–Trinajstić information content (AvgIpc) is 2.94. The molecular weight excluding hydrogens is 246 g/mol. The number of carbonyl (C=O) groups is 1. The van der Waals surface area contributed by atoms with Crippen LogP contribution >= 0.6 is 0 Å². The molecule has 0 amide bonds. The molecule has 2 N–H and O–H groups in total. The van der Waals surface area contributed by atoms with Gasteiger partial charge in [-0.1, -0.05) is 0 Å². The summed E-state index contributed by atoms with van der Waals surface area (Å²) in [5.41, 5.74) is 6.05. The predicted molar refractivity (Wildman–Crippen MR) is 69.5 cm³/mol. The first kappa shape index (κ1) is 13.1. The molecule has 19 heavy (non-hydrogen) atoms. The predicted octanol–water partition coefficient (Wildman–Crippen LogP) is 0.618. The third kappa shape index (κ3) is 2.75. The van der Waals surface area contributed by atoms with Crippen LogP contribution in [0.5, 0.6) is 0 Å². The number of hydrogen-bond donors (Lipinski definition) is 1. The number of rotatable bonds is 5. The van der Waals surface area contributed by atoms with Crippen LogP contribution in [0, 0.1) is 0 Å². The van der Waals surface area contributed by atoms with E-state index in [2.05, 4.69) is 9.97 Å². The van der Waals surface area contributed by atoms with Gasteiger partial charge in [-0.2, -0.15) is 0 Å². The molecule has 2 aromatic rings. The van der Waals surface area contributed by atoms with E-state index < -0.39 is 5.97 Å². The minimum absolute atomic E-state index is 0.168. The van der Waals surface area contributed by atoms with Crippen molar-refractivity contribution in [1.29, 1.82) is 0 Å². The lowest BCUT2D eigenvalue weighted by Crippen LogP contribution is -2.11. The first-order chi connectivity index (χ1) is 9.13. The fraction of sp³-hybridized carbons (Fsp3) is 0.417. The van der Waals surface area contributed by atoms with Gasteiger partial charge in [-0.3, -0.25) is 0 Å². The van der Waals surface area contributed by atoms with E-state index >= 15 is 0 Å². The van der Waals surface area contributed by atoms with Gasteiger partial charge in [-0.25, -0.2) is 14.8 Å². The number of nitrogens with two attached hydrogens (primary N) is 1. The fourth-order valence-electron chi connectivity index (χ4n) is 1.78. The van der Waals surface area contributed by atoms with Crippen LogP contribution in [0.1, 0.15) is 23.2 Å². The molecule has 0 aromatic carbocycles. The van der Waals surface area contributed by atoms with Crippen molar-refractivity contribution in [1.82, 2.24) is 19.1 Å². The second-order valence-corrected chi connectivity index (χ2v) is 4.10. The van der Waals surface area contributed by atoms with Gasteiger partial charge in [-0.05, 0) is 6.92 Å². The van der Waals surface area contributed by atoms with Crippen LogP contribution in [-0.4, -0.2) is 31.7 Å². The van der Waals surface area contributed by atoms with E-state index in [0.717, 1.165) is 5.82 Å². The van der Waals surface area contributed by atoms with Gasteiger partial charge in [-0.15, -0.1) is 0 Å². The molecule has 0 atom stereocenters. The van der Waals surface area contributed by atoms with E-state index in [4.69, 9.17) is 10.5 Å². The minimum atomic E-state index is -0.490. The van der Waals surface area contributed by atoms with Crippen molar-refractivity contribution in [3.05, 3.63) is 30.2 Å². The van der Waals surface area contributed by atoms with Crippen molar-refractivity contribution < 1.29 is 9.53 Å². The summed E-state index contributed by atoms with van der Waals surface area (Å²) in [4.78, 5) is 19.8. The normalized spacial score (nSPS) is 10.6. The molecule has 2 rings (SSSR count). The molecule has 0 unspecified atom stereocenters. The number of nitrogen functional groups attached to an aromatic ring is 1. The van der Waals surface area contributed by atoms with E-state index in [1.54, 1.807) is 24.0 Å². The summed E-state index contributed by atoms with van der Waals surface area (Å²) in [5, 5.41) is 0. The largest absolute Gasteiger partial charge is 0.461 e. The number of aromatic nitrogens is 4. The van der Waals surface area contributed by atoms with Crippen molar-refractivity contribution in [2.75, 3.05) is 12.3 Å². The van der Waals surface area contributed by atoms with Gasteiger partial charge in [0.15, 0.2) is 5.69 Å². The molecule has 0 saturated carbocycles. The van der Waals surface area contributed by atoms with Crippen molar-refractivity contribution in [3.8, 4) is 0 Å². The number of ether oxygens (including phenoxy) is 1. The van der Waals surface area contributed by atoms with Crippen LogP contribution in [0.4, 0.5) is 5.82 Å². The third-order valence-corrected chi connectivity index (χ3v) is 2.84. The Bertz CT molecular complexity index is 572. The summed E-state index contributed by atoms with van der Waals surface area (Å²) in [6.07, 6.45) is 5.89. The highest BCUT2D eigenvalue weighted by molar-refractivity contribution is 5.92. The standard InChI is InChI=1S/C12H17N5O2/c1-3-19-12(18)10-11(13)17(8-15-10)6-4-9-14-5-7-16(9)2/h5,7-8H,3-4,6,13H2,1-2H3. The maximum atomic E-state index is 11.6. The zero-order valence-corrected chi connectivity index (χ0v) is 11.0. The molecular formula is C12H17N5O2. The molecule has 2 heterocycles. The second kappa shape index (κ2) is 5.55. The number of carbonyl (C=O) groups excluding carboxylic acids is 1. The van der Waals surface area contributed by atoms with Crippen molar-refractivity contribution in [2.45, 2.75) is 19.9 Å². The van der Waals surface area contributed by atoms with Gasteiger partial charge in [0.1, 0.15) is 11.6 Å². The Morgan fingerprint density at radius 2 is 2.26 bits per heavy atom. The Labute approximate surface area is 111 Å². The molecule has 2 aromatic heterocycles. The zero-order chi connectivity index (χ0) is 13.8. The van der Waals surface area contributed by atoms with Gasteiger partial charge in [0.25, 0.3) is 0 Å². The first-order valence-electron chi connectivity index (χ1n) is 6.07. The molecule has 0 bridgehead atoms. The van der Waals surface area contributed by atoms with E-state index in [0.29, 0.717) is 25.4 Å². The minimum Gasteiger partial charge on any atom is -0.461 e. The Hall–Kier alpha value is -2.31. The molecule has 0 aliphatic carbocycles. The van der Waals surface area contributed by atoms with Crippen molar-refractivity contribution >= 4 is 11.8 Å². The average molecular weight is 263 g/mol. The lowest BCUT2D eigenvalue weighted by molar-refractivity contribution is 0.0521. The summed E-state index contributed by atoms with van der Waals surface area (Å²) in [7, 11) is 1.93. The van der Waals surface area contributed by atoms with Crippen molar-refractivity contribution in [2.24, 2.45) is 7.05 Å². The molecule has 0 aliphatic rings. The molecule has 0 spiro atoms. The summed E-state index contributed by atoms with van der Waals surface area (Å²) >= 11 is 0. The first-order valence-corrected chi connectivity index (χ1v) is 6.07. The number of hydrogen-bond acceptors (Lipinski definition) is 5. The number of nitrogens with zero attached hydrogens (tertiary/aromatic N) is 4. The highest BCUT2D eigenvalue weighted by atomic mass is 16.5. The SMILES string of the molecule is CCOC(=O)c1ncn(CCc2nccn2C)c1N. The second-order valence-electron chi connectivity index (χ2n) is 4.10. The Kier molecular flexibility index (Phi) is 3.84. The lowest BCUT2D eigenvalue weighted by atomic mass is 10.4. The third-order valence-electron chi connectivity index (χ3n) is 2.84. The van der Waals surface area contributed by atoms with Crippen molar-refractivity contribution in [3.63, 3.8) is 0 Å². The van der Waals surface area contributed by atoms with Gasteiger partial charge >= 0.3 is 5.97 Å². The Morgan fingerprint density at radius 1 is 1.47 bits per heavy atom. The van der Waals surface area contributed by atoms with Crippen LogP contribution < -0.4 is 5.73 Å². The highest BCUT2D eigenvalue weighted by Crippen LogP contribution is 2.12. The molecule has 102 valence electrons. The summed E-state index contributed by atoms with van der Waals surface area (Å²) in [6.45, 7) is 2.66. The zero-order valence-electron chi connectivity index (χ0n) is 11.0. The van der Waals surface area contributed by atoms with Gasteiger partial charge in [0, 0.05) is 32.4 Å². The van der Waals surface area contributed by atoms with Gasteiger partial charge in [0.2, 0.25) is 0 Å². The summed E-state index contributed by atoms with van der Waals surface area (Å²) in [6, 6.07) is 0. The van der Waals surface area contributed by atoms with E-state index in [-0.39, 0.29) is 5.69 Å². The van der Waals surface area contributed by atoms with Crippen LogP contribution in [0.3, 0.4) is 0 Å². The molecule has 0 radical (unpaired) electrons. The maximum absolute atomic E-state index is 11.6. The van der Waals surface area contributed by atoms with Crippen LogP contribution in [0.2, 0.25) is 0 Å². The maximum Gasteiger partial charge on any atom is 0.360 e. The highest BCUT2D eigenvalue weighted by Gasteiger charge is 2.16. The van der Waals surface area contributed by atoms with Gasteiger partial charge < -0.3 is 19.6 Å². The summed E-state index contributed by atoms with van der Waals surface area (Å²) in [5.74, 6) is 0.786. The molecule has 0 aliphatic heterocycles. The fourth-order valence-corrected chi connectivity index (χ4v) is 1.78. The Balaban J connectivity index is 2.06. The Morgan fingerprint density at radius 3 is 2.89 bits per heavy atom. The molecule has 0 fully saturated rings. The van der Waals surface area contributed by atoms with Crippen LogP contribution in [0.25, 0.3) is 0 Å². The van der Waals surface area contributed by atoms with Crippen LogP contribution in [-0.2, 0) is 24.8 Å². The summed E-state index contributed by atoms with van der Waals surface area (Å²) < 4.78 is 8.55. The topological polar surface area (TPSA) is 88.0 Å². The van der Waals surface area contributed by atoms with E-state index in [1.807, 2.05) is 17.8 Å². The van der Waals surface area contributed by atoms with Crippen LogP contribution in [0.15, 0.2) is 18.7 Å². The number of imidazole rings is 2. The number of anilines is 1. The van der Waals surface area contributed by atoms with E-state index in [9.17, 15) is 4.79 Å². The monoisotopic (exact) mass is 263 g/mol. The molecule has 7 nitrogen and oxygen atoms in total. The van der Waals surface area contributed by atoms with E-state index in [1.165, 1.54) is 0 Å². The lowest BCUT2D eigenvalue weighted by Gasteiger charge is -2.06. The smallest absolute Gasteiger partial charge is 0.360 e. The molecule has 0 saturated heterocycles. The molecule has 7 heteroatoms. The van der Waals surface area contributed by atoms with Gasteiger partial charge in [0.05, 0.1) is 12.9 Å².